The molecule has 3 N–H and O–H groups in total. The van der Waals surface area contributed by atoms with E-state index >= 15 is 0 Å². The first-order chi connectivity index (χ1) is 6.61. The summed E-state index contributed by atoms with van der Waals surface area (Å²) >= 11 is 0. The number of rotatable bonds is 3. The van der Waals surface area contributed by atoms with Crippen molar-refractivity contribution in [3.05, 3.63) is 35.9 Å². The van der Waals surface area contributed by atoms with Gasteiger partial charge in [-0.05, 0) is 12.5 Å². The largest absolute Gasteiger partial charge is 0.435 e. The molecule has 1 atom stereocenters. The van der Waals surface area contributed by atoms with Crippen LogP contribution in [0.2, 0.25) is 0 Å². The Hall–Kier alpha value is -1.84. The van der Waals surface area contributed by atoms with Crippen molar-refractivity contribution in [1.29, 1.82) is 5.41 Å². The zero-order chi connectivity index (χ0) is 10.6. The van der Waals surface area contributed by atoms with E-state index < -0.39 is 12.2 Å². The number of primary amides is 1. The number of carbonyl (C=O) groups is 1. The van der Waals surface area contributed by atoms with Gasteiger partial charge in [0.2, 0.25) is 0 Å². The standard InChI is InChI=1S/C10H12N2O2/c1-7(11)9(14-10(12)13)8-5-3-2-4-6-8/h2-6,9,11H,1H3,(H2,12,13). The molecule has 0 aliphatic rings. The van der Waals surface area contributed by atoms with Gasteiger partial charge in [-0.15, -0.1) is 0 Å². The smallest absolute Gasteiger partial charge is 0.405 e. The van der Waals surface area contributed by atoms with E-state index in [9.17, 15) is 4.79 Å². The van der Waals surface area contributed by atoms with Crippen LogP contribution in [0.25, 0.3) is 0 Å². The average molecular weight is 192 g/mol. The van der Waals surface area contributed by atoms with Crippen molar-refractivity contribution in [2.24, 2.45) is 5.73 Å². The Balaban J connectivity index is 2.89. The van der Waals surface area contributed by atoms with Crippen LogP contribution in [-0.4, -0.2) is 11.8 Å². The molecule has 0 aliphatic carbocycles. The van der Waals surface area contributed by atoms with Crippen molar-refractivity contribution in [3.63, 3.8) is 0 Å². The lowest BCUT2D eigenvalue weighted by Gasteiger charge is -2.15. The summed E-state index contributed by atoms with van der Waals surface area (Å²) in [5.41, 5.74) is 5.90. The van der Waals surface area contributed by atoms with Crippen molar-refractivity contribution < 1.29 is 9.53 Å². The molecule has 0 saturated heterocycles. The average Bonchev–Trinajstić information content (AvgIpc) is 2.15. The van der Waals surface area contributed by atoms with Gasteiger partial charge in [0.05, 0.1) is 5.71 Å². The summed E-state index contributed by atoms with van der Waals surface area (Å²) < 4.78 is 4.81. The second kappa shape index (κ2) is 4.41. The fraction of sp³-hybridized carbons (Fsp3) is 0.200. The summed E-state index contributed by atoms with van der Waals surface area (Å²) in [4.78, 5) is 10.6. The number of hydrogen-bond acceptors (Lipinski definition) is 3. The third kappa shape index (κ3) is 2.58. The summed E-state index contributed by atoms with van der Waals surface area (Å²) in [5.74, 6) is 0. The van der Waals surface area contributed by atoms with Crippen LogP contribution < -0.4 is 5.73 Å². The Bertz CT molecular complexity index is 335. The van der Waals surface area contributed by atoms with Crippen LogP contribution in [0.4, 0.5) is 4.79 Å². The van der Waals surface area contributed by atoms with Crippen LogP contribution in [0.1, 0.15) is 18.6 Å². The molecule has 1 aromatic carbocycles. The fourth-order valence-electron chi connectivity index (χ4n) is 1.15. The van der Waals surface area contributed by atoms with Crippen LogP contribution in [0.15, 0.2) is 30.3 Å². The van der Waals surface area contributed by atoms with Gasteiger partial charge in [-0.3, -0.25) is 0 Å². The molecule has 14 heavy (non-hydrogen) atoms. The first-order valence-electron chi connectivity index (χ1n) is 4.17. The highest BCUT2D eigenvalue weighted by Gasteiger charge is 2.16. The molecule has 1 aromatic rings. The van der Waals surface area contributed by atoms with E-state index in [1.807, 2.05) is 18.2 Å². The van der Waals surface area contributed by atoms with Crippen LogP contribution in [0, 0.1) is 5.41 Å². The normalized spacial score (nSPS) is 11.8. The Morgan fingerprint density at radius 1 is 1.43 bits per heavy atom. The van der Waals surface area contributed by atoms with Gasteiger partial charge >= 0.3 is 6.09 Å². The minimum atomic E-state index is -0.870. The number of nitrogens with two attached hydrogens (primary N) is 1. The third-order valence-electron chi connectivity index (χ3n) is 1.73. The minimum absolute atomic E-state index is 0.245. The molecule has 1 rings (SSSR count). The first-order valence-corrected chi connectivity index (χ1v) is 4.17. The van der Waals surface area contributed by atoms with Gasteiger partial charge in [0, 0.05) is 0 Å². The minimum Gasteiger partial charge on any atom is -0.435 e. The van der Waals surface area contributed by atoms with Gasteiger partial charge in [0.25, 0.3) is 0 Å². The zero-order valence-electron chi connectivity index (χ0n) is 7.86. The van der Waals surface area contributed by atoms with Crippen molar-refractivity contribution in [2.45, 2.75) is 13.0 Å². The van der Waals surface area contributed by atoms with Gasteiger partial charge in [-0.25, -0.2) is 4.79 Å². The van der Waals surface area contributed by atoms with Gasteiger partial charge in [0.1, 0.15) is 0 Å². The van der Waals surface area contributed by atoms with Crippen molar-refractivity contribution >= 4 is 11.8 Å². The highest BCUT2D eigenvalue weighted by Crippen LogP contribution is 2.17. The van der Waals surface area contributed by atoms with E-state index in [1.165, 1.54) is 0 Å². The molecule has 0 aromatic heterocycles. The lowest BCUT2D eigenvalue weighted by molar-refractivity contribution is 0.137. The van der Waals surface area contributed by atoms with Crippen LogP contribution in [0.5, 0.6) is 0 Å². The maximum absolute atomic E-state index is 10.6. The molecule has 0 saturated carbocycles. The van der Waals surface area contributed by atoms with E-state index in [0.29, 0.717) is 0 Å². The molecule has 4 heteroatoms. The summed E-state index contributed by atoms with van der Waals surface area (Å²) in [6.45, 7) is 1.57. The lowest BCUT2D eigenvalue weighted by Crippen LogP contribution is -2.21. The van der Waals surface area contributed by atoms with Gasteiger partial charge in [-0.1, -0.05) is 30.3 Å². The Morgan fingerprint density at radius 2 is 2.00 bits per heavy atom. The van der Waals surface area contributed by atoms with E-state index in [1.54, 1.807) is 19.1 Å². The monoisotopic (exact) mass is 192 g/mol. The van der Waals surface area contributed by atoms with Crippen molar-refractivity contribution in [3.8, 4) is 0 Å². The Kier molecular flexibility index (Phi) is 3.23. The predicted octanol–water partition coefficient (Wildman–Crippen LogP) is 1.86. The Morgan fingerprint density at radius 3 is 2.43 bits per heavy atom. The molecule has 0 aliphatic heterocycles. The molecule has 0 heterocycles. The molecule has 1 amide bonds. The maximum Gasteiger partial charge on any atom is 0.405 e. The maximum atomic E-state index is 10.6. The molecule has 74 valence electrons. The molecule has 0 spiro atoms. The lowest BCUT2D eigenvalue weighted by atomic mass is 10.1. The predicted molar refractivity (Wildman–Crippen MR) is 53.3 cm³/mol. The number of hydrogen-bond donors (Lipinski definition) is 2. The van der Waals surface area contributed by atoms with Crippen molar-refractivity contribution in [2.75, 3.05) is 0 Å². The number of ether oxygens (including phenoxy) is 1. The number of amides is 1. The van der Waals surface area contributed by atoms with Crippen LogP contribution >= 0.6 is 0 Å². The van der Waals surface area contributed by atoms with Crippen LogP contribution in [0.3, 0.4) is 0 Å². The second-order valence-electron chi connectivity index (χ2n) is 2.91. The number of nitrogens with one attached hydrogen (secondary N) is 1. The van der Waals surface area contributed by atoms with Gasteiger partial charge < -0.3 is 15.9 Å². The van der Waals surface area contributed by atoms with Crippen LogP contribution in [-0.2, 0) is 4.74 Å². The molecule has 0 radical (unpaired) electrons. The highest BCUT2D eigenvalue weighted by molar-refractivity contribution is 5.86. The topological polar surface area (TPSA) is 76.2 Å². The van der Waals surface area contributed by atoms with Crippen molar-refractivity contribution in [1.82, 2.24) is 0 Å². The summed E-state index contributed by atoms with van der Waals surface area (Å²) in [5, 5.41) is 7.45. The quantitative estimate of drug-likeness (QED) is 0.717. The SMILES string of the molecule is CC(=N)C(OC(N)=O)c1ccccc1. The first kappa shape index (κ1) is 10.2. The second-order valence-corrected chi connectivity index (χ2v) is 2.91. The molecule has 4 nitrogen and oxygen atoms in total. The number of carbonyl (C=O) groups excluding carboxylic acids is 1. The van der Waals surface area contributed by atoms with E-state index in [0.717, 1.165) is 5.56 Å². The summed E-state index contributed by atoms with van der Waals surface area (Å²) in [6.07, 6.45) is -1.54. The molecular weight excluding hydrogens is 180 g/mol. The molecular formula is C10H12N2O2. The Labute approximate surface area is 82.2 Å². The zero-order valence-corrected chi connectivity index (χ0v) is 7.86. The molecule has 0 fully saturated rings. The summed E-state index contributed by atoms with van der Waals surface area (Å²) in [6, 6.07) is 9.05. The third-order valence-corrected chi connectivity index (χ3v) is 1.73. The molecule has 0 bridgehead atoms. The highest BCUT2D eigenvalue weighted by atomic mass is 16.6. The van der Waals surface area contributed by atoms with E-state index in [4.69, 9.17) is 15.9 Å². The summed E-state index contributed by atoms with van der Waals surface area (Å²) in [7, 11) is 0. The van der Waals surface area contributed by atoms with E-state index in [-0.39, 0.29) is 5.71 Å². The van der Waals surface area contributed by atoms with Gasteiger partial charge in [-0.2, -0.15) is 0 Å². The van der Waals surface area contributed by atoms with Gasteiger partial charge in [0.15, 0.2) is 6.10 Å². The fourth-order valence-corrected chi connectivity index (χ4v) is 1.15. The molecule has 1 unspecified atom stereocenters. The number of benzene rings is 1. The van der Waals surface area contributed by atoms with E-state index in [2.05, 4.69) is 0 Å².